The molecule has 0 spiro atoms. The van der Waals surface area contributed by atoms with Gasteiger partial charge in [0.1, 0.15) is 0 Å². The lowest BCUT2D eigenvalue weighted by Crippen LogP contribution is -2.54. The monoisotopic (exact) mass is 796 g/mol. The van der Waals surface area contributed by atoms with Gasteiger partial charge in [0.15, 0.2) is 0 Å². The molecule has 0 aliphatic rings. The molecule has 264 valence electrons. The Morgan fingerprint density at radius 1 is 0.870 bits per heavy atom. The number of alkyl halides is 1. The van der Waals surface area contributed by atoms with Crippen LogP contribution in [0.15, 0.2) is 30.3 Å². The summed E-state index contributed by atoms with van der Waals surface area (Å²) in [6, 6.07) is 9.12. The molecule has 3 unspecified atom stereocenters. The molecular formula is C34H59IN3O6S2+. The molecular weight excluding hydrogens is 737 g/mol. The van der Waals surface area contributed by atoms with Gasteiger partial charge in [-0.15, -0.1) is 0 Å². The largest absolute Gasteiger partial charge is 0.355 e. The maximum absolute atomic E-state index is 14.0. The van der Waals surface area contributed by atoms with Gasteiger partial charge in [-0.25, -0.2) is 0 Å². The van der Waals surface area contributed by atoms with Gasteiger partial charge >= 0.3 is 0 Å². The van der Waals surface area contributed by atoms with Crippen LogP contribution >= 0.6 is 34.4 Å². The molecule has 3 N–H and O–H groups in total. The van der Waals surface area contributed by atoms with Crippen molar-refractivity contribution in [2.24, 2.45) is 16.2 Å². The zero-order chi connectivity index (χ0) is 35.5. The van der Waals surface area contributed by atoms with E-state index in [0.717, 1.165) is 19.4 Å². The van der Waals surface area contributed by atoms with Gasteiger partial charge in [-0.3, -0.25) is 18.9 Å². The van der Waals surface area contributed by atoms with Gasteiger partial charge in [-0.2, -0.15) is 8.42 Å². The maximum atomic E-state index is 14.0. The van der Waals surface area contributed by atoms with Crippen molar-refractivity contribution in [3.8, 4) is 0 Å². The normalized spacial score (nSPS) is 16.5. The highest BCUT2D eigenvalue weighted by Crippen LogP contribution is 2.53. The fraction of sp³-hybridized carbons (Fsp3) is 0.735. The lowest BCUT2D eigenvalue weighted by atomic mass is 9.56. The van der Waals surface area contributed by atoms with Gasteiger partial charge in [0.25, 0.3) is 10.1 Å². The first-order valence-electron chi connectivity index (χ1n) is 16.3. The molecule has 0 aliphatic heterocycles. The third-order valence-corrected chi connectivity index (χ3v) is 12.5. The van der Waals surface area contributed by atoms with E-state index in [1.807, 2.05) is 53.1 Å². The van der Waals surface area contributed by atoms with Crippen molar-refractivity contribution in [3.63, 3.8) is 0 Å². The molecule has 46 heavy (non-hydrogen) atoms. The van der Waals surface area contributed by atoms with Crippen molar-refractivity contribution in [2.75, 3.05) is 51.8 Å². The molecule has 0 bridgehead atoms. The quantitative estimate of drug-likeness (QED) is 0.0434. The summed E-state index contributed by atoms with van der Waals surface area (Å²) < 4.78 is 31.6. The van der Waals surface area contributed by atoms with Gasteiger partial charge in [0, 0.05) is 46.1 Å². The highest BCUT2D eigenvalue weighted by Gasteiger charge is 2.53. The van der Waals surface area contributed by atoms with Crippen LogP contribution in [-0.2, 0) is 19.7 Å². The molecule has 0 aromatic heterocycles. The van der Waals surface area contributed by atoms with Crippen molar-refractivity contribution in [1.82, 2.24) is 10.6 Å². The third kappa shape index (κ3) is 14.1. The molecule has 1 rings (SSSR count). The molecule has 12 heteroatoms. The summed E-state index contributed by atoms with van der Waals surface area (Å²) in [5.41, 5.74) is -1.38. The molecule has 0 heterocycles. The summed E-state index contributed by atoms with van der Waals surface area (Å²) in [6.07, 6.45) is 3.75. The molecule has 0 saturated carbocycles. The average molecular weight is 797 g/mol. The second-order valence-corrected chi connectivity index (χ2v) is 19.9. The Balaban J connectivity index is 2.94. The van der Waals surface area contributed by atoms with Crippen molar-refractivity contribution in [2.45, 2.75) is 90.4 Å². The van der Waals surface area contributed by atoms with Crippen molar-refractivity contribution in [3.05, 3.63) is 35.9 Å². The van der Waals surface area contributed by atoms with E-state index in [1.165, 1.54) is 11.8 Å². The van der Waals surface area contributed by atoms with Crippen LogP contribution in [0.3, 0.4) is 0 Å². The summed E-state index contributed by atoms with van der Waals surface area (Å²) in [5.74, 6) is 0.117. The Bertz CT molecular complexity index is 1260. The van der Waals surface area contributed by atoms with Gasteiger partial charge in [-0.05, 0) is 31.1 Å². The molecule has 2 amide bonds. The summed E-state index contributed by atoms with van der Waals surface area (Å²) >= 11 is 3.64. The molecule has 0 saturated heterocycles. The van der Waals surface area contributed by atoms with Crippen molar-refractivity contribution >= 4 is 61.4 Å². The lowest BCUT2D eigenvalue weighted by molar-refractivity contribution is -0.890. The van der Waals surface area contributed by atoms with E-state index >= 15 is 0 Å². The summed E-state index contributed by atoms with van der Waals surface area (Å²) in [6.45, 7) is 16.7. The smallest absolute Gasteiger partial charge is 0.265 e. The van der Waals surface area contributed by atoms with Crippen molar-refractivity contribution in [1.29, 1.82) is 0 Å². The number of benzene rings is 1. The molecule has 0 radical (unpaired) electrons. The third-order valence-electron chi connectivity index (χ3n) is 9.64. The minimum atomic E-state index is -3.97. The van der Waals surface area contributed by atoms with E-state index < -0.39 is 26.4 Å². The van der Waals surface area contributed by atoms with E-state index in [1.54, 1.807) is 12.1 Å². The van der Waals surface area contributed by atoms with E-state index in [-0.39, 0.29) is 26.1 Å². The van der Waals surface area contributed by atoms with Gasteiger partial charge < -0.3 is 15.1 Å². The first-order chi connectivity index (χ1) is 21.0. The van der Waals surface area contributed by atoms with Crippen LogP contribution in [-0.4, -0.2) is 89.6 Å². The Hall–Kier alpha value is -1.22. The van der Waals surface area contributed by atoms with Gasteiger partial charge in [0.05, 0.1) is 38.4 Å². The molecule has 3 atom stereocenters. The summed E-state index contributed by atoms with van der Waals surface area (Å²) in [5, 5.41) is 6.24. The standard InChI is InChI=1S/C34H58IN3O6S2/c1-10-32(5,29(40)36-19-15-21-38(8,9)22-16-24-46(42,43)44)25-31(3,4)34(7,26-33(6,35)11-2)30(41)37-20-23-45-28(39)27-17-13-12-14-18-27/h12-14,17-18H,10-11,15-16,19-26H2,1-9H3,(H2-,36,37,40,41,42,43,44)/p+1. The number of hydrogen-bond acceptors (Lipinski definition) is 6. The number of hydrogen-bond donors (Lipinski definition) is 3. The first kappa shape index (κ1) is 42.8. The van der Waals surface area contributed by atoms with Crippen LogP contribution in [0.4, 0.5) is 0 Å². The van der Waals surface area contributed by atoms with Gasteiger partial charge in [-0.1, -0.05) is 113 Å². The predicted molar refractivity (Wildman–Crippen MR) is 199 cm³/mol. The number of carbonyl (C=O) groups is 3. The number of rotatable bonds is 21. The zero-order valence-electron chi connectivity index (χ0n) is 29.5. The number of quaternary nitrogens is 1. The highest BCUT2D eigenvalue weighted by atomic mass is 127. The number of halogens is 1. The minimum absolute atomic E-state index is 0.0202. The Morgan fingerprint density at radius 2 is 1.43 bits per heavy atom. The predicted octanol–water partition coefficient (Wildman–Crippen LogP) is 6.37. The number of thioether (sulfide) groups is 1. The number of amides is 2. The minimum Gasteiger partial charge on any atom is -0.355 e. The fourth-order valence-corrected chi connectivity index (χ4v) is 7.84. The van der Waals surface area contributed by atoms with Crippen LogP contribution in [0, 0.1) is 16.2 Å². The zero-order valence-corrected chi connectivity index (χ0v) is 33.3. The second-order valence-electron chi connectivity index (χ2n) is 14.6. The van der Waals surface area contributed by atoms with Gasteiger partial charge in [0.2, 0.25) is 16.9 Å². The van der Waals surface area contributed by atoms with Crippen LogP contribution in [0.25, 0.3) is 0 Å². The number of carbonyl (C=O) groups excluding carboxylic acids is 3. The van der Waals surface area contributed by atoms with Crippen LogP contribution in [0.2, 0.25) is 0 Å². The highest BCUT2D eigenvalue weighted by molar-refractivity contribution is 14.1. The number of nitrogens with zero attached hydrogens (tertiary/aromatic N) is 1. The molecule has 0 fully saturated rings. The maximum Gasteiger partial charge on any atom is 0.265 e. The molecule has 1 aromatic rings. The molecule has 1 aromatic carbocycles. The average Bonchev–Trinajstić information content (AvgIpc) is 2.96. The van der Waals surface area contributed by atoms with Crippen LogP contribution < -0.4 is 10.6 Å². The second kappa shape index (κ2) is 18.0. The van der Waals surface area contributed by atoms with E-state index in [0.29, 0.717) is 61.1 Å². The Labute approximate surface area is 296 Å². The summed E-state index contributed by atoms with van der Waals surface area (Å²) in [4.78, 5) is 40.2. The topological polar surface area (TPSA) is 130 Å². The SMILES string of the molecule is CCC(C)(I)CC(C)(C(=O)NCCSC(=O)c1ccccc1)C(C)(C)CC(C)(CC)C(=O)NCCC[N+](C)(C)CCCS(=O)(=O)O. The lowest BCUT2D eigenvalue weighted by Gasteiger charge is -2.49. The van der Waals surface area contributed by atoms with E-state index in [2.05, 4.69) is 60.9 Å². The van der Waals surface area contributed by atoms with Crippen molar-refractivity contribution < 1.29 is 31.8 Å². The number of nitrogens with one attached hydrogen (secondary N) is 2. The molecule has 9 nitrogen and oxygen atoms in total. The first-order valence-corrected chi connectivity index (χ1v) is 20.0. The Kier molecular flexibility index (Phi) is 16.7. The van der Waals surface area contributed by atoms with E-state index in [4.69, 9.17) is 4.55 Å². The van der Waals surface area contributed by atoms with Crippen LogP contribution in [0.1, 0.15) is 97.3 Å². The molecule has 0 aliphatic carbocycles. The Morgan fingerprint density at radius 3 is 1.98 bits per heavy atom. The van der Waals surface area contributed by atoms with E-state index in [9.17, 15) is 22.8 Å². The fourth-order valence-electron chi connectivity index (χ4n) is 5.90. The summed E-state index contributed by atoms with van der Waals surface area (Å²) in [7, 11) is 0.0447. The van der Waals surface area contributed by atoms with Crippen LogP contribution in [0.5, 0.6) is 0 Å².